The molecule has 1 saturated heterocycles. The molecule has 1 aliphatic heterocycles. The normalized spacial score (nSPS) is 20.1. The molecule has 2 aromatic carbocycles. The van der Waals surface area contributed by atoms with Crippen LogP contribution in [-0.2, 0) is 10.0 Å². The van der Waals surface area contributed by atoms with Gasteiger partial charge in [-0.15, -0.1) is 6.58 Å². The molecule has 0 bridgehead atoms. The van der Waals surface area contributed by atoms with E-state index in [0.717, 1.165) is 16.7 Å². The molecule has 0 spiro atoms. The molecule has 0 saturated carbocycles. The molecule has 1 atom stereocenters. The second kappa shape index (κ2) is 6.94. The molecule has 0 aliphatic carbocycles. The molecule has 130 valence electrons. The van der Waals surface area contributed by atoms with E-state index in [0.29, 0.717) is 18.0 Å². The summed E-state index contributed by atoms with van der Waals surface area (Å²) in [6, 6.07) is 13.0. The summed E-state index contributed by atoms with van der Waals surface area (Å²) in [5, 5.41) is 0. The summed E-state index contributed by atoms with van der Waals surface area (Å²) in [5.41, 5.74) is 2.82. The van der Waals surface area contributed by atoms with Crippen LogP contribution in [0.5, 0.6) is 0 Å². The van der Waals surface area contributed by atoms with Crippen LogP contribution >= 0.6 is 0 Å². The van der Waals surface area contributed by atoms with Crippen LogP contribution in [0.15, 0.2) is 71.7 Å². The Morgan fingerprint density at radius 3 is 2.36 bits per heavy atom. The van der Waals surface area contributed by atoms with Gasteiger partial charge in [0.25, 0.3) is 0 Å². The van der Waals surface area contributed by atoms with Crippen LogP contribution in [0.2, 0.25) is 0 Å². The van der Waals surface area contributed by atoms with Gasteiger partial charge in [-0.1, -0.05) is 42.0 Å². The van der Waals surface area contributed by atoms with Gasteiger partial charge < -0.3 is 0 Å². The molecule has 0 N–H and O–H groups in total. The summed E-state index contributed by atoms with van der Waals surface area (Å²) < 4.78 is 40.3. The number of halogens is 1. The van der Waals surface area contributed by atoms with E-state index >= 15 is 0 Å². The average Bonchev–Trinajstić information content (AvgIpc) is 3.01. The first-order valence-corrected chi connectivity index (χ1v) is 9.49. The van der Waals surface area contributed by atoms with Crippen molar-refractivity contribution in [2.24, 2.45) is 5.92 Å². The standard InChI is InChI=1S/C20H20FNO2S/c1-3-17-13-22(25(23,24)20-10-4-15(2)5-11-20)14-18(17)12-16-6-8-19(21)9-7-16/h3-12,17H,1,13-14H2,2H3/b18-12-. The van der Waals surface area contributed by atoms with E-state index in [1.807, 2.05) is 13.0 Å². The number of hydrogen-bond acceptors (Lipinski definition) is 2. The Morgan fingerprint density at radius 2 is 1.76 bits per heavy atom. The lowest BCUT2D eigenvalue weighted by Gasteiger charge is -2.15. The molecule has 0 aromatic heterocycles. The largest absolute Gasteiger partial charge is 0.243 e. The van der Waals surface area contributed by atoms with Crippen LogP contribution < -0.4 is 0 Å². The maximum absolute atomic E-state index is 13.1. The molecule has 0 radical (unpaired) electrons. The molecule has 1 unspecified atom stereocenters. The highest BCUT2D eigenvalue weighted by Crippen LogP contribution is 2.30. The van der Waals surface area contributed by atoms with Gasteiger partial charge in [0.15, 0.2) is 0 Å². The van der Waals surface area contributed by atoms with Gasteiger partial charge in [0, 0.05) is 19.0 Å². The first-order valence-electron chi connectivity index (χ1n) is 8.05. The van der Waals surface area contributed by atoms with Crippen molar-refractivity contribution in [3.63, 3.8) is 0 Å². The highest BCUT2D eigenvalue weighted by Gasteiger charge is 2.34. The fourth-order valence-corrected chi connectivity index (χ4v) is 4.37. The molecule has 0 amide bonds. The summed E-state index contributed by atoms with van der Waals surface area (Å²) in [6.07, 6.45) is 3.68. The van der Waals surface area contributed by atoms with Crippen LogP contribution in [0.3, 0.4) is 0 Å². The minimum atomic E-state index is -3.55. The SMILES string of the molecule is C=CC1CN(S(=O)(=O)c2ccc(C)cc2)C/C1=C/c1ccc(F)cc1. The number of rotatable bonds is 4. The number of sulfonamides is 1. The molecule has 1 aliphatic rings. The molecular formula is C20H20FNO2S. The zero-order valence-electron chi connectivity index (χ0n) is 14.0. The quantitative estimate of drug-likeness (QED) is 0.775. The van der Waals surface area contributed by atoms with Crippen molar-refractivity contribution in [3.05, 3.63) is 83.7 Å². The Morgan fingerprint density at radius 1 is 1.12 bits per heavy atom. The molecule has 5 heteroatoms. The Bertz CT molecular complexity index is 900. The summed E-state index contributed by atoms with van der Waals surface area (Å²) in [4.78, 5) is 0.295. The number of benzene rings is 2. The van der Waals surface area contributed by atoms with Crippen molar-refractivity contribution >= 4 is 16.1 Å². The van der Waals surface area contributed by atoms with Gasteiger partial charge in [-0.2, -0.15) is 4.31 Å². The van der Waals surface area contributed by atoms with Crippen LogP contribution in [0.25, 0.3) is 6.08 Å². The second-order valence-corrected chi connectivity index (χ2v) is 8.16. The van der Waals surface area contributed by atoms with E-state index in [1.54, 1.807) is 42.5 Å². The first-order chi connectivity index (χ1) is 11.9. The van der Waals surface area contributed by atoms with E-state index in [4.69, 9.17) is 0 Å². The topological polar surface area (TPSA) is 37.4 Å². The zero-order valence-corrected chi connectivity index (χ0v) is 14.8. The van der Waals surface area contributed by atoms with Gasteiger partial charge in [0.1, 0.15) is 5.82 Å². The van der Waals surface area contributed by atoms with E-state index in [2.05, 4.69) is 6.58 Å². The lowest BCUT2D eigenvalue weighted by Crippen LogP contribution is -2.28. The third-order valence-corrected chi connectivity index (χ3v) is 6.23. The monoisotopic (exact) mass is 357 g/mol. The van der Waals surface area contributed by atoms with Crippen molar-refractivity contribution in [2.75, 3.05) is 13.1 Å². The zero-order chi connectivity index (χ0) is 18.0. The maximum atomic E-state index is 13.1. The van der Waals surface area contributed by atoms with Crippen molar-refractivity contribution < 1.29 is 12.8 Å². The van der Waals surface area contributed by atoms with Gasteiger partial charge in [0.05, 0.1) is 4.90 Å². The lowest BCUT2D eigenvalue weighted by molar-refractivity contribution is 0.471. The van der Waals surface area contributed by atoms with Gasteiger partial charge in [0.2, 0.25) is 10.0 Å². The fraction of sp³-hybridized carbons (Fsp3) is 0.200. The summed E-state index contributed by atoms with van der Waals surface area (Å²) >= 11 is 0. The number of hydrogen-bond donors (Lipinski definition) is 0. The van der Waals surface area contributed by atoms with E-state index in [1.165, 1.54) is 16.4 Å². The Hall–Kier alpha value is -2.24. The van der Waals surface area contributed by atoms with E-state index < -0.39 is 10.0 Å². The van der Waals surface area contributed by atoms with Crippen LogP contribution in [0.1, 0.15) is 11.1 Å². The molecule has 3 nitrogen and oxygen atoms in total. The molecule has 3 rings (SSSR count). The van der Waals surface area contributed by atoms with Crippen LogP contribution in [0, 0.1) is 18.7 Å². The van der Waals surface area contributed by atoms with Crippen LogP contribution in [0.4, 0.5) is 4.39 Å². The highest BCUT2D eigenvalue weighted by atomic mass is 32.2. The van der Waals surface area contributed by atoms with Crippen molar-refractivity contribution in [2.45, 2.75) is 11.8 Å². The molecule has 2 aromatic rings. The fourth-order valence-electron chi connectivity index (χ4n) is 2.92. The van der Waals surface area contributed by atoms with E-state index in [-0.39, 0.29) is 11.7 Å². The predicted octanol–water partition coefficient (Wildman–Crippen LogP) is 4.02. The number of nitrogens with zero attached hydrogens (tertiary/aromatic N) is 1. The van der Waals surface area contributed by atoms with Gasteiger partial charge in [-0.25, -0.2) is 12.8 Å². The maximum Gasteiger partial charge on any atom is 0.243 e. The van der Waals surface area contributed by atoms with Crippen molar-refractivity contribution in [1.82, 2.24) is 4.31 Å². The Kier molecular flexibility index (Phi) is 4.88. The van der Waals surface area contributed by atoms with E-state index in [9.17, 15) is 12.8 Å². The van der Waals surface area contributed by atoms with Crippen molar-refractivity contribution in [1.29, 1.82) is 0 Å². The Labute approximate surface area is 148 Å². The molecule has 25 heavy (non-hydrogen) atoms. The molecular weight excluding hydrogens is 337 g/mol. The minimum absolute atomic E-state index is 0.0507. The third kappa shape index (κ3) is 3.72. The lowest BCUT2D eigenvalue weighted by atomic mass is 10.0. The molecule has 1 fully saturated rings. The molecule has 1 heterocycles. The Balaban J connectivity index is 1.89. The minimum Gasteiger partial charge on any atom is -0.207 e. The summed E-state index contributed by atoms with van der Waals surface area (Å²) in [6.45, 7) is 6.42. The first kappa shape index (κ1) is 17.6. The van der Waals surface area contributed by atoms with Gasteiger partial charge >= 0.3 is 0 Å². The van der Waals surface area contributed by atoms with Gasteiger partial charge in [-0.05, 0) is 42.3 Å². The number of aryl methyl sites for hydroxylation is 1. The predicted molar refractivity (Wildman–Crippen MR) is 98.0 cm³/mol. The summed E-state index contributed by atoms with van der Waals surface area (Å²) in [5.74, 6) is -0.345. The average molecular weight is 357 g/mol. The highest BCUT2D eigenvalue weighted by molar-refractivity contribution is 7.89. The second-order valence-electron chi connectivity index (χ2n) is 6.22. The third-order valence-electron chi connectivity index (χ3n) is 4.40. The van der Waals surface area contributed by atoms with Crippen molar-refractivity contribution in [3.8, 4) is 0 Å². The summed E-state index contributed by atoms with van der Waals surface area (Å²) in [7, 11) is -3.55. The van der Waals surface area contributed by atoms with Gasteiger partial charge in [-0.3, -0.25) is 0 Å². The smallest absolute Gasteiger partial charge is 0.207 e. The van der Waals surface area contributed by atoms with Crippen LogP contribution in [-0.4, -0.2) is 25.8 Å².